The van der Waals surface area contributed by atoms with Gasteiger partial charge >= 0.3 is 0 Å². The van der Waals surface area contributed by atoms with Crippen LogP contribution in [0.4, 0.5) is 0 Å². The first kappa shape index (κ1) is 20.9. The van der Waals surface area contributed by atoms with E-state index in [1.165, 1.54) is 18.9 Å². The molecule has 4 rings (SSSR count). The number of Topliss-reactive ketones (excluding diaryl/α,β-unsaturated/α-hetero) is 1. The van der Waals surface area contributed by atoms with Crippen LogP contribution < -0.4 is 0 Å². The van der Waals surface area contributed by atoms with Crippen LogP contribution in [0.2, 0.25) is 0 Å². The van der Waals surface area contributed by atoms with E-state index >= 15 is 0 Å². The number of aromatic amines is 1. The number of allylic oxidation sites excluding steroid dienone is 1. The lowest BCUT2D eigenvalue weighted by Crippen LogP contribution is -2.12. The fourth-order valence-electron chi connectivity index (χ4n) is 3.64. The summed E-state index contributed by atoms with van der Waals surface area (Å²) in [6.45, 7) is 5.45. The molecule has 1 aliphatic rings. The maximum Gasteiger partial charge on any atom is 0.155 e. The van der Waals surface area contributed by atoms with Crippen molar-refractivity contribution in [3.05, 3.63) is 83.8 Å². The third-order valence-corrected chi connectivity index (χ3v) is 5.91. The van der Waals surface area contributed by atoms with Gasteiger partial charge in [0.25, 0.3) is 0 Å². The molecule has 31 heavy (non-hydrogen) atoms. The Morgan fingerprint density at radius 2 is 1.97 bits per heavy atom. The molecule has 0 spiro atoms. The predicted octanol–water partition coefficient (Wildman–Crippen LogP) is 4.95. The number of aromatic nitrogens is 3. The van der Waals surface area contributed by atoms with Gasteiger partial charge in [-0.15, -0.1) is 0 Å². The average Bonchev–Trinajstić information content (AvgIpc) is 3.56. The van der Waals surface area contributed by atoms with Crippen LogP contribution in [0.1, 0.15) is 60.5 Å². The number of hydrogen-bond donors (Lipinski definition) is 1. The monoisotopic (exact) mass is 413 g/mol. The van der Waals surface area contributed by atoms with Crippen LogP contribution in [0, 0.1) is 0 Å². The van der Waals surface area contributed by atoms with Crippen LogP contribution in [0.3, 0.4) is 0 Å². The molecule has 2 aromatic heterocycles. The molecular formula is C26H27N3O2. The molecule has 0 radical (unpaired) electrons. The Kier molecular flexibility index (Phi) is 6.21. The standard InChI is InChI=1S/C26H27N3O2/c1-3-23(30)12-4-18-5-13-24(27-16-18)20-8-6-19(7-9-20)17(2)26(31)15-22-14-25(29-28-22)21-10-11-21/h3,5-9,13-14,16-17,21H,1,4,10-12,15H2,2H3,(H,28,29). The Hall–Kier alpha value is -3.34. The second-order valence-electron chi connectivity index (χ2n) is 8.30. The highest BCUT2D eigenvalue weighted by Crippen LogP contribution is 2.39. The van der Waals surface area contributed by atoms with Crippen molar-refractivity contribution in [1.82, 2.24) is 15.2 Å². The Balaban J connectivity index is 1.36. The lowest BCUT2D eigenvalue weighted by atomic mass is 9.93. The number of aryl methyl sites for hydroxylation is 1. The fraction of sp³-hybridized carbons (Fsp3) is 0.308. The smallest absolute Gasteiger partial charge is 0.155 e. The molecule has 0 bridgehead atoms. The number of nitrogens with one attached hydrogen (secondary N) is 1. The highest BCUT2D eigenvalue weighted by Gasteiger charge is 2.26. The summed E-state index contributed by atoms with van der Waals surface area (Å²) in [4.78, 5) is 28.6. The van der Waals surface area contributed by atoms with Gasteiger partial charge in [0.15, 0.2) is 5.78 Å². The number of hydrogen-bond acceptors (Lipinski definition) is 4. The summed E-state index contributed by atoms with van der Waals surface area (Å²) in [6, 6.07) is 14.0. The van der Waals surface area contributed by atoms with Crippen LogP contribution in [0.25, 0.3) is 11.3 Å². The van der Waals surface area contributed by atoms with Gasteiger partial charge < -0.3 is 0 Å². The van der Waals surface area contributed by atoms with Gasteiger partial charge in [-0.05, 0) is 48.6 Å². The van der Waals surface area contributed by atoms with Crippen molar-refractivity contribution < 1.29 is 9.59 Å². The van der Waals surface area contributed by atoms with E-state index in [0.717, 1.165) is 33.8 Å². The molecule has 1 aromatic carbocycles. The molecule has 1 fully saturated rings. The van der Waals surface area contributed by atoms with E-state index < -0.39 is 0 Å². The third-order valence-electron chi connectivity index (χ3n) is 5.91. The van der Waals surface area contributed by atoms with Gasteiger partial charge in [-0.1, -0.05) is 43.8 Å². The number of benzene rings is 1. The van der Waals surface area contributed by atoms with E-state index in [2.05, 4.69) is 21.8 Å². The minimum Gasteiger partial charge on any atom is -0.299 e. The molecule has 1 aliphatic carbocycles. The van der Waals surface area contributed by atoms with E-state index in [1.807, 2.05) is 55.6 Å². The second-order valence-corrected chi connectivity index (χ2v) is 8.30. The van der Waals surface area contributed by atoms with Crippen LogP contribution in [0.15, 0.2) is 61.3 Å². The normalized spacial score (nSPS) is 14.2. The first-order chi connectivity index (χ1) is 15.0. The molecule has 158 valence electrons. The Morgan fingerprint density at radius 3 is 2.61 bits per heavy atom. The quantitative estimate of drug-likeness (QED) is 0.477. The molecule has 0 amide bonds. The SMILES string of the molecule is C=CC(=O)CCc1ccc(-c2ccc(C(C)C(=O)Cc3cc(C4CC4)n[nH]3)cc2)nc1. The summed E-state index contributed by atoms with van der Waals surface area (Å²) in [6.07, 6.45) is 7.06. The van der Waals surface area contributed by atoms with Crippen LogP contribution in [-0.4, -0.2) is 26.7 Å². The van der Waals surface area contributed by atoms with Crippen molar-refractivity contribution in [2.75, 3.05) is 0 Å². The zero-order chi connectivity index (χ0) is 21.8. The van der Waals surface area contributed by atoms with E-state index in [4.69, 9.17) is 0 Å². The highest BCUT2D eigenvalue weighted by molar-refractivity contribution is 5.89. The number of ketones is 2. The third kappa shape index (κ3) is 5.23. The molecule has 1 unspecified atom stereocenters. The highest BCUT2D eigenvalue weighted by atomic mass is 16.1. The van der Waals surface area contributed by atoms with Gasteiger partial charge in [-0.2, -0.15) is 5.10 Å². The summed E-state index contributed by atoms with van der Waals surface area (Å²) in [5, 5.41) is 7.35. The number of rotatable bonds is 10. The summed E-state index contributed by atoms with van der Waals surface area (Å²) >= 11 is 0. The Morgan fingerprint density at radius 1 is 1.19 bits per heavy atom. The average molecular weight is 414 g/mol. The first-order valence-electron chi connectivity index (χ1n) is 10.8. The summed E-state index contributed by atoms with van der Waals surface area (Å²) in [7, 11) is 0. The van der Waals surface area contributed by atoms with Crippen LogP contribution in [-0.2, 0) is 22.4 Å². The Labute approximate surface area is 182 Å². The van der Waals surface area contributed by atoms with Gasteiger partial charge in [-0.3, -0.25) is 19.7 Å². The molecule has 1 atom stereocenters. The van der Waals surface area contributed by atoms with Crippen molar-refractivity contribution in [2.45, 2.75) is 50.9 Å². The van der Waals surface area contributed by atoms with Gasteiger partial charge in [0.1, 0.15) is 5.78 Å². The maximum absolute atomic E-state index is 12.7. The lowest BCUT2D eigenvalue weighted by molar-refractivity contribution is -0.119. The zero-order valence-electron chi connectivity index (χ0n) is 17.8. The molecule has 2 heterocycles. The minimum absolute atomic E-state index is 0.0409. The maximum atomic E-state index is 12.7. The summed E-state index contributed by atoms with van der Waals surface area (Å²) < 4.78 is 0. The zero-order valence-corrected chi connectivity index (χ0v) is 17.8. The molecule has 5 nitrogen and oxygen atoms in total. The topological polar surface area (TPSA) is 75.7 Å². The van der Waals surface area contributed by atoms with Gasteiger partial charge in [-0.25, -0.2) is 0 Å². The number of nitrogens with zero attached hydrogens (tertiary/aromatic N) is 2. The lowest BCUT2D eigenvalue weighted by Gasteiger charge is -2.11. The van der Waals surface area contributed by atoms with E-state index in [0.29, 0.717) is 25.2 Å². The number of H-pyrrole nitrogens is 1. The summed E-state index contributed by atoms with van der Waals surface area (Å²) in [5.41, 5.74) is 5.88. The molecule has 3 aromatic rings. The molecule has 0 aliphatic heterocycles. The largest absolute Gasteiger partial charge is 0.299 e. The van der Waals surface area contributed by atoms with E-state index in [-0.39, 0.29) is 17.5 Å². The van der Waals surface area contributed by atoms with Crippen molar-refractivity contribution in [2.24, 2.45) is 0 Å². The van der Waals surface area contributed by atoms with Crippen molar-refractivity contribution in [3.63, 3.8) is 0 Å². The fourth-order valence-corrected chi connectivity index (χ4v) is 3.64. The number of pyridine rings is 1. The molecule has 5 heteroatoms. The minimum atomic E-state index is -0.181. The van der Waals surface area contributed by atoms with Crippen molar-refractivity contribution in [3.8, 4) is 11.3 Å². The molecular weight excluding hydrogens is 386 g/mol. The van der Waals surface area contributed by atoms with Gasteiger partial charge in [0, 0.05) is 42.1 Å². The van der Waals surface area contributed by atoms with Gasteiger partial charge in [0.2, 0.25) is 0 Å². The molecule has 1 saturated carbocycles. The summed E-state index contributed by atoms with van der Waals surface area (Å²) in [5.74, 6) is 0.622. The van der Waals surface area contributed by atoms with E-state index in [1.54, 1.807) is 0 Å². The molecule has 0 saturated heterocycles. The second kappa shape index (κ2) is 9.21. The predicted molar refractivity (Wildman–Crippen MR) is 121 cm³/mol. The Bertz CT molecular complexity index is 1080. The van der Waals surface area contributed by atoms with Crippen molar-refractivity contribution >= 4 is 11.6 Å². The van der Waals surface area contributed by atoms with Crippen molar-refractivity contribution in [1.29, 1.82) is 0 Å². The first-order valence-corrected chi connectivity index (χ1v) is 10.8. The van der Waals surface area contributed by atoms with Gasteiger partial charge in [0.05, 0.1) is 11.4 Å². The number of carbonyl (C=O) groups is 2. The molecule has 1 N–H and O–H groups in total. The van der Waals surface area contributed by atoms with Crippen LogP contribution in [0.5, 0.6) is 0 Å². The number of carbonyl (C=O) groups excluding carboxylic acids is 2. The van der Waals surface area contributed by atoms with Crippen LogP contribution >= 0.6 is 0 Å². The van der Waals surface area contributed by atoms with E-state index in [9.17, 15) is 9.59 Å².